The van der Waals surface area contributed by atoms with Crippen LogP contribution in [0, 0.1) is 0 Å². The highest BCUT2D eigenvalue weighted by molar-refractivity contribution is 7.97. The number of hydroxylamine groups is 2. The minimum absolute atomic E-state index is 0.125. The van der Waals surface area contributed by atoms with Crippen molar-refractivity contribution in [2.75, 3.05) is 13.2 Å². The molecule has 0 saturated carbocycles. The summed E-state index contributed by atoms with van der Waals surface area (Å²) in [5.74, 6) is -1.01. The largest absolute Gasteiger partial charge is 0.394 e. The van der Waals surface area contributed by atoms with Gasteiger partial charge in [-0.1, -0.05) is 13.2 Å². The fourth-order valence-electron chi connectivity index (χ4n) is 0.633. The highest BCUT2D eigenvalue weighted by Gasteiger charge is 2.26. The molecule has 110 valence electrons. The number of rotatable bonds is 3. The minimum atomic E-state index is -3.13. The molecule has 1 aliphatic heterocycles. The molecule has 0 bridgehead atoms. The van der Waals surface area contributed by atoms with Gasteiger partial charge in [0.05, 0.1) is 13.2 Å². The number of aliphatic hydroxyl groups excluding tert-OH is 2. The molecule has 1 fully saturated rings. The molecular formula is C10H17NO7S. The Morgan fingerprint density at radius 3 is 1.42 bits per heavy atom. The Labute approximate surface area is 111 Å². The molecule has 3 N–H and O–H groups in total. The van der Waals surface area contributed by atoms with E-state index in [4.69, 9.17) is 15.4 Å². The SMILES string of the molecule is C=CS(=O)(=O)C=C.O=C1CCC(=O)N1O.OCCO. The second kappa shape index (κ2) is 10.4. The van der Waals surface area contributed by atoms with Crippen LogP contribution in [0.5, 0.6) is 0 Å². The second-order valence-electron chi connectivity index (χ2n) is 2.97. The molecule has 0 atom stereocenters. The summed E-state index contributed by atoms with van der Waals surface area (Å²) in [6, 6.07) is 0. The van der Waals surface area contributed by atoms with Crippen LogP contribution in [0.1, 0.15) is 12.8 Å². The molecule has 19 heavy (non-hydrogen) atoms. The lowest BCUT2D eigenvalue weighted by atomic mass is 10.4. The van der Waals surface area contributed by atoms with E-state index < -0.39 is 21.7 Å². The molecular weight excluding hydrogens is 278 g/mol. The molecule has 0 aromatic rings. The van der Waals surface area contributed by atoms with Crippen LogP contribution in [-0.2, 0) is 19.4 Å². The first-order valence-corrected chi connectivity index (χ1v) is 6.63. The second-order valence-corrected chi connectivity index (χ2v) is 4.81. The monoisotopic (exact) mass is 295 g/mol. The van der Waals surface area contributed by atoms with Crippen molar-refractivity contribution in [1.29, 1.82) is 0 Å². The van der Waals surface area contributed by atoms with Crippen molar-refractivity contribution in [1.82, 2.24) is 5.06 Å². The van der Waals surface area contributed by atoms with E-state index in [9.17, 15) is 18.0 Å². The standard InChI is InChI=1S/C4H5NO3.C4H6O2S.C2H6O2/c6-3-1-2-4(7)5(3)8;1-3-7(5,6)4-2;3-1-2-4/h8H,1-2H2;3-4H,1-2H2;3-4H,1-2H2. The summed E-state index contributed by atoms with van der Waals surface area (Å²) in [6.45, 7) is 5.84. The van der Waals surface area contributed by atoms with Crippen LogP contribution in [0.15, 0.2) is 24.0 Å². The first kappa shape index (κ1) is 19.8. The number of hydrogen-bond donors (Lipinski definition) is 3. The van der Waals surface area contributed by atoms with E-state index in [1.165, 1.54) is 0 Å². The van der Waals surface area contributed by atoms with Gasteiger partial charge in [-0.2, -0.15) is 5.06 Å². The van der Waals surface area contributed by atoms with Crippen LogP contribution in [0.25, 0.3) is 0 Å². The van der Waals surface area contributed by atoms with E-state index >= 15 is 0 Å². The van der Waals surface area contributed by atoms with Crippen LogP contribution in [-0.4, -0.2) is 53.9 Å². The molecule has 1 saturated heterocycles. The molecule has 0 spiro atoms. The van der Waals surface area contributed by atoms with Gasteiger partial charge in [0.25, 0.3) is 11.8 Å². The number of hydrogen-bond acceptors (Lipinski definition) is 7. The molecule has 0 aliphatic carbocycles. The maximum atomic E-state index is 10.2. The summed E-state index contributed by atoms with van der Waals surface area (Å²) in [6.07, 6.45) is 0.296. The van der Waals surface area contributed by atoms with Crippen molar-refractivity contribution < 1.29 is 33.4 Å². The third kappa shape index (κ3) is 10.1. The average molecular weight is 295 g/mol. The lowest BCUT2D eigenvalue weighted by Gasteiger charge is -1.98. The van der Waals surface area contributed by atoms with Gasteiger partial charge in [-0.25, -0.2) is 8.42 Å². The lowest BCUT2D eigenvalue weighted by Crippen LogP contribution is -2.24. The summed E-state index contributed by atoms with van der Waals surface area (Å²) in [7, 11) is -3.13. The van der Waals surface area contributed by atoms with Gasteiger partial charge in [0, 0.05) is 23.7 Å². The smallest absolute Gasteiger partial charge is 0.253 e. The first-order valence-electron chi connectivity index (χ1n) is 5.02. The molecule has 0 aromatic heterocycles. The van der Waals surface area contributed by atoms with Gasteiger partial charge in [-0.15, -0.1) is 0 Å². The van der Waals surface area contributed by atoms with Gasteiger partial charge in [-0.3, -0.25) is 14.8 Å². The van der Waals surface area contributed by atoms with Crippen LogP contribution in [0.4, 0.5) is 0 Å². The number of carbonyl (C=O) groups excluding carboxylic acids is 2. The maximum Gasteiger partial charge on any atom is 0.253 e. The van der Waals surface area contributed by atoms with Crippen molar-refractivity contribution in [3.8, 4) is 0 Å². The zero-order valence-corrected chi connectivity index (χ0v) is 11.0. The van der Waals surface area contributed by atoms with Crippen molar-refractivity contribution in [2.45, 2.75) is 12.8 Å². The van der Waals surface area contributed by atoms with Crippen LogP contribution >= 0.6 is 0 Å². The van der Waals surface area contributed by atoms with E-state index in [2.05, 4.69) is 13.2 Å². The van der Waals surface area contributed by atoms with Crippen LogP contribution in [0.2, 0.25) is 0 Å². The average Bonchev–Trinajstić information content (AvgIpc) is 2.71. The van der Waals surface area contributed by atoms with Crippen LogP contribution in [0.3, 0.4) is 0 Å². The number of imide groups is 1. The summed E-state index contributed by atoms with van der Waals surface area (Å²) in [4.78, 5) is 20.5. The van der Waals surface area contributed by atoms with E-state index in [-0.39, 0.29) is 31.1 Å². The summed E-state index contributed by atoms with van der Waals surface area (Å²) < 4.78 is 20.3. The van der Waals surface area contributed by atoms with Gasteiger partial charge in [0.1, 0.15) is 0 Å². The third-order valence-electron chi connectivity index (χ3n) is 1.59. The van der Waals surface area contributed by atoms with E-state index in [1.54, 1.807) is 0 Å². The third-order valence-corrected chi connectivity index (χ3v) is 2.52. The number of carbonyl (C=O) groups is 2. The Bertz CT molecular complexity index is 384. The molecule has 1 heterocycles. The fourth-order valence-corrected chi connectivity index (χ4v) is 0.769. The fraction of sp³-hybridized carbons (Fsp3) is 0.400. The molecule has 9 heteroatoms. The highest BCUT2D eigenvalue weighted by Crippen LogP contribution is 2.06. The Balaban J connectivity index is 0. The molecule has 1 rings (SSSR count). The van der Waals surface area contributed by atoms with Crippen molar-refractivity contribution >= 4 is 21.7 Å². The summed E-state index contributed by atoms with van der Waals surface area (Å²) in [5.41, 5.74) is 0. The van der Waals surface area contributed by atoms with Crippen LogP contribution < -0.4 is 0 Å². The van der Waals surface area contributed by atoms with Crippen molar-refractivity contribution in [2.24, 2.45) is 0 Å². The van der Waals surface area contributed by atoms with Gasteiger partial charge in [0.2, 0.25) is 0 Å². The number of amides is 2. The molecule has 1 aliphatic rings. The predicted octanol–water partition coefficient (Wildman–Crippen LogP) is -0.816. The summed E-state index contributed by atoms with van der Waals surface area (Å²) in [5, 5.41) is 25.5. The number of aliphatic hydroxyl groups is 2. The molecule has 0 radical (unpaired) electrons. The molecule has 0 unspecified atom stereocenters. The van der Waals surface area contributed by atoms with Crippen molar-refractivity contribution in [3.63, 3.8) is 0 Å². The van der Waals surface area contributed by atoms with Crippen molar-refractivity contribution in [3.05, 3.63) is 24.0 Å². The van der Waals surface area contributed by atoms with E-state index in [0.29, 0.717) is 0 Å². The Morgan fingerprint density at radius 1 is 1.05 bits per heavy atom. The minimum Gasteiger partial charge on any atom is -0.394 e. The maximum absolute atomic E-state index is 10.2. The van der Waals surface area contributed by atoms with Gasteiger partial charge < -0.3 is 10.2 Å². The summed E-state index contributed by atoms with van der Waals surface area (Å²) >= 11 is 0. The highest BCUT2D eigenvalue weighted by atomic mass is 32.2. The zero-order valence-electron chi connectivity index (χ0n) is 10.2. The van der Waals surface area contributed by atoms with E-state index in [1.807, 2.05) is 0 Å². The first-order chi connectivity index (χ1) is 8.75. The predicted molar refractivity (Wildman–Crippen MR) is 66.4 cm³/mol. The van der Waals surface area contributed by atoms with E-state index in [0.717, 1.165) is 10.8 Å². The van der Waals surface area contributed by atoms with Gasteiger partial charge in [-0.05, 0) is 0 Å². The molecule has 2 amide bonds. The lowest BCUT2D eigenvalue weighted by molar-refractivity contribution is -0.171. The zero-order chi connectivity index (χ0) is 15.5. The molecule has 8 nitrogen and oxygen atoms in total. The Morgan fingerprint density at radius 2 is 1.37 bits per heavy atom. The van der Waals surface area contributed by atoms with Gasteiger partial charge in [0.15, 0.2) is 9.84 Å². The number of nitrogens with zero attached hydrogens (tertiary/aromatic N) is 1. The quantitative estimate of drug-likeness (QED) is 0.458. The topological polar surface area (TPSA) is 132 Å². The number of sulfone groups is 1. The molecule has 0 aromatic carbocycles. The normalized spacial score (nSPS) is 13.9. The Hall–Kier alpha value is -1.55. The van der Waals surface area contributed by atoms with Gasteiger partial charge >= 0.3 is 0 Å². The Kier molecular flexibility index (Phi) is 10.8.